The maximum absolute atomic E-state index is 13.4. The number of primary amides is 1. The first kappa shape index (κ1) is 24.5. The Bertz CT molecular complexity index is 1290. The van der Waals surface area contributed by atoms with E-state index in [1.54, 1.807) is 12.1 Å². The van der Waals surface area contributed by atoms with E-state index in [9.17, 15) is 9.59 Å². The number of amides is 2. The van der Waals surface area contributed by atoms with Crippen molar-refractivity contribution in [3.63, 3.8) is 0 Å². The fraction of sp³-hybridized carbons (Fsp3) is 0.259. The van der Waals surface area contributed by atoms with Crippen molar-refractivity contribution in [2.24, 2.45) is 10.8 Å². The number of rotatable bonds is 7. The van der Waals surface area contributed by atoms with E-state index in [1.807, 2.05) is 75.4 Å². The van der Waals surface area contributed by atoms with Gasteiger partial charge in [0.25, 0.3) is 11.8 Å². The van der Waals surface area contributed by atoms with E-state index >= 15 is 0 Å². The molecule has 2 amide bonds. The SMILES string of the molecule is COc1ccc([C@H]2CC(c3ccccc3)=NN2C(=O)CSc2nc(C)c(C)c(C)c2C(N)=O)cc1. The monoisotopic (exact) mass is 488 g/mol. The van der Waals surface area contributed by atoms with Crippen LogP contribution in [-0.2, 0) is 4.79 Å². The minimum absolute atomic E-state index is 0.0768. The van der Waals surface area contributed by atoms with E-state index in [4.69, 9.17) is 15.6 Å². The highest BCUT2D eigenvalue weighted by Gasteiger charge is 2.33. The molecule has 35 heavy (non-hydrogen) atoms. The average molecular weight is 489 g/mol. The van der Waals surface area contributed by atoms with Gasteiger partial charge in [0, 0.05) is 12.1 Å². The summed E-state index contributed by atoms with van der Waals surface area (Å²) >= 11 is 1.22. The van der Waals surface area contributed by atoms with Gasteiger partial charge >= 0.3 is 0 Å². The quantitative estimate of drug-likeness (QED) is 0.491. The van der Waals surface area contributed by atoms with Crippen molar-refractivity contribution in [3.8, 4) is 5.75 Å². The molecule has 0 saturated carbocycles. The molecule has 1 aliphatic rings. The first-order chi connectivity index (χ1) is 16.8. The van der Waals surface area contributed by atoms with E-state index in [1.165, 1.54) is 11.8 Å². The lowest BCUT2D eigenvalue weighted by Gasteiger charge is -2.22. The fourth-order valence-electron chi connectivity index (χ4n) is 4.13. The zero-order valence-electron chi connectivity index (χ0n) is 20.2. The molecule has 0 radical (unpaired) electrons. The summed E-state index contributed by atoms with van der Waals surface area (Å²) in [5.74, 6) is 0.108. The van der Waals surface area contributed by atoms with E-state index < -0.39 is 5.91 Å². The topological polar surface area (TPSA) is 97.9 Å². The van der Waals surface area contributed by atoms with Gasteiger partial charge in [-0.15, -0.1) is 0 Å². The van der Waals surface area contributed by atoms with Crippen LogP contribution in [0.4, 0.5) is 0 Å². The van der Waals surface area contributed by atoms with Crippen molar-refractivity contribution >= 4 is 29.3 Å². The van der Waals surface area contributed by atoms with Crippen LogP contribution in [-0.4, -0.2) is 40.4 Å². The average Bonchev–Trinajstić information content (AvgIpc) is 3.32. The van der Waals surface area contributed by atoms with Crippen LogP contribution in [0.5, 0.6) is 5.75 Å². The van der Waals surface area contributed by atoms with Crippen LogP contribution in [0.15, 0.2) is 64.7 Å². The molecule has 0 aliphatic carbocycles. The lowest BCUT2D eigenvalue weighted by molar-refractivity contribution is -0.130. The molecule has 1 atom stereocenters. The summed E-state index contributed by atoms with van der Waals surface area (Å²) < 4.78 is 5.29. The first-order valence-corrected chi connectivity index (χ1v) is 12.3. The number of hydrogen-bond acceptors (Lipinski definition) is 6. The van der Waals surface area contributed by atoms with Gasteiger partial charge in [0.15, 0.2) is 0 Å². The first-order valence-electron chi connectivity index (χ1n) is 11.3. The number of aryl methyl sites for hydroxylation is 1. The van der Waals surface area contributed by atoms with E-state index in [-0.39, 0.29) is 17.7 Å². The smallest absolute Gasteiger partial charge is 0.253 e. The minimum atomic E-state index is -0.547. The standard InChI is InChI=1S/C27H28N4O3S/c1-16-17(2)25(26(28)33)27(29-18(16)3)35-15-24(32)31-23(20-10-12-21(34-4)13-11-20)14-22(30-31)19-8-6-5-7-9-19/h5-13,23H,14-15H2,1-4H3,(H2,28,33)/t23-/m1/s1. The summed E-state index contributed by atoms with van der Waals surface area (Å²) in [4.78, 5) is 30.1. The third kappa shape index (κ3) is 5.07. The lowest BCUT2D eigenvalue weighted by Crippen LogP contribution is -2.28. The minimum Gasteiger partial charge on any atom is -0.497 e. The molecule has 0 unspecified atom stereocenters. The molecule has 8 heteroatoms. The summed E-state index contributed by atoms with van der Waals surface area (Å²) in [5.41, 5.74) is 11.3. The zero-order valence-corrected chi connectivity index (χ0v) is 21.1. The van der Waals surface area contributed by atoms with Crippen LogP contribution >= 0.6 is 11.8 Å². The lowest BCUT2D eigenvalue weighted by atomic mass is 9.98. The Balaban J connectivity index is 1.62. The highest BCUT2D eigenvalue weighted by molar-refractivity contribution is 8.00. The van der Waals surface area contributed by atoms with Crippen molar-refractivity contribution in [1.82, 2.24) is 9.99 Å². The van der Waals surface area contributed by atoms with Crippen LogP contribution < -0.4 is 10.5 Å². The van der Waals surface area contributed by atoms with Crippen LogP contribution in [0.1, 0.15) is 50.8 Å². The van der Waals surface area contributed by atoms with Gasteiger partial charge < -0.3 is 10.5 Å². The molecule has 7 nitrogen and oxygen atoms in total. The summed E-state index contributed by atoms with van der Waals surface area (Å²) in [6.45, 7) is 5.65. The molecular formula is C27H28N4O3S. The number of hydrogen-bond donors (Lipinski definition) is 1. The van der Waals surface area contributed by atoms with Gasteiger partial charge in [-0.2, -0.15) is 5.10 Å². The highest BCUT2D eigenvalue weighted by Crippen LogP contribution is 2.35. The van der Waals surface area contributed by atoms with Crippen molar-refractivity contribution < 1.29 is 14.3 Å². The highest BCUT2D eigenvalue weighted by atomic mass is 32.2. The number of nitrogens with zero attached hydrogens (tertiary/aromatic N) is 3. The van der Waals surface area contributed by atoms with Crippen LogP contribution in [0.3, 0.4) is 0 Å². The Hall–Kier alpha value is -3.65. The number of nitrogens with two attached hydrogens (primary N) is 1. The second-order valence-electron chi connectivity index (χ2n) is 8.42. The van der Waals surface area contributed by atoms with E-state index in [2.05, 4.69) is 4.98 Å². The Morgan fingerprint density at radius 2 is 1.74 bits per heavy atom. The number of thioether (sulfide) groups is 1. The molecule has 0 fully saturated rings. The number of benzene rings is 2. The molecular weight excluding hydrogens is 460 g/mol. The number of carbonyl (C=O) groups is 2. The number of methoxy groups -OCH3 is 1. The molecule has 0 bridgehead atoms. The Kier molecular flexibility index (Phi) is 7.21. The zero-order chi connectivity index (χ0) is 25.1. The Morgan fingerprint density at radius 3 is 2.37 bits per heavy atom. The van der Waals surface area contributed by atoms with Gasteiger partial charge in [-0.3, -0.25) is 9.59 Å². The normalized spacial score (nSPS) is 15.1. The third-order valence-corrected chi connectivity index (χ3v) is 7.28. The van der Waals surface area contributed by atoms with E-state index in [0.29, 0.717) is 17.0 Å². The number of hydrazone groups is 1. The van der Waals surface area contributed by atoms with Gasteiger partial charge in [-0.05, 0) is 55.2 Å². The molecule has 3 aromatic rings. The van der Waals surface area contributed by atoms with Gasteiger partial charge in [-0.25, -0.2) is 9.99 Å². The molecule has 0 spiro atoms. The van der Waals surface area contributed by atoms with Gasteiger partial charge in [0.1, 0.15) is 10.8 Å². The van der Waals surface area contributed by atoms with Crippen LogP contribution in [0.2, 0.25) is 0 Å². The molecule has 1 aliphatic heterocycles. The summed E-state index contributed by atoms with van der Waals surface area (Å²) in [6, 6.07) is 17.3. The van der Waals surface area contributed by atoms with Crippen molar-refractivity contribution in [3.05, 3.63) is 88.1 Å². The van der Waals surface area contributed by atoms with Crippen molar-refractivity contribution in [2.75, 3.05) is 12.9 Å². The number of aromatic nitrogens is 1. The molecule has 0 saturated heterocycles. The maximum Gasteiger partial charge on any atom is 0.253 e. The van der Waals surface area contributed by atoms with E-state index in [0.717, 1.165) is 39.4 Å². The molecule has 2 aromatic carbocycles. The molecule has 2 N–H and O–H groups in total. The number of carbonyl (C=O) groups excluding carboxylic acids is 2. The third-order valence-electron chi connectivity index (χ3n) is 6.32. The maximum atomic E-state index is 13.4. The second-order valence-corrected chi connectivity index (χ2v) is 9.39. The summed E-state index contributed by atoms with van der Waals surface area (Å²) in [7, 11) is 1.62. The predicted octanol–water partition coefficient (Wildman–Crippen LogP) is 4.58. The number of pyridine rings is 1. The molecule has 2 heterocycles. The Morgan fingerprint density at radius 1 is 1.06 bits per heavy atom. The predicted molar refractivity (Wildman–Crippen MR) is 138 cm³/mol. The summed E-state index contributed by atoms with van der Waals surface area (Å²) in [6.07, 6.45) is 0.598. The van der Waals surface area contributed by atoms with Crippen LogP contribution in [0, 0.1) is 20.8 Å². The molecule has 1 aromatic heterocycles. The van der Waals surface area contributed by atoms with Gasteiger partial charge in [0.2, 0.25) is 0 Å². The fourth-order valence-corrected chi connectivity index (χ4v) is 5.13. The van der Waals surface area contributed by atoms with Crippen molar-refractivity contribution in [2.45, 2.75) is 38.3 Å². The molecule has 4 rings (SSSR count). The summed E-state index contributed by atoms with van der Waals surface area (Å²) in [5, 5.41) is 6.74. The van der Waals surface area contributed by atoms with Crippen LogP contribution in [0.25, 0.3) is 0 Å². The van der Waals surface area contributed by atoms with Gasteiger partial charge in [0.05, 0.1) is 30.2 Å². The van der Waals surface area contributed by atoms with Crippen molar-refractivity contribution in [1.29, 1.82) is 0 Å². The molecule has 180 valence electrons. The number of ether oxygens (including phenoxy) is 1. The largest absolute Gasteiger partial charge is 0.497 e. The Labute approximate surface area is 209 Å². The second kappa shape index (κ2) is 10.3. The van der Waals surface area contributed by atoms with Gasteiger partial charge in [-0.1, -0.05) is 54.2 Å².